The Bertz CT molecular complexity index is 300. The number of hydrogen-bond donors (Lipinski definition) is 1. The van der Waals surface area contributed by atoms with Crippen LogP contribution in [0.25, 0.3) is 0 Å². The summed E-state index contributed by atoms with van der Waals surface area (Å²) >= 11 is 4.14. The van der Waals surface area contributed by atoms with Gasteiger partial charge in [0.25, 0.3) is 0 Å². The molecule has 0 heterocycles. The molecular weight excluding hydrogens is 180 g/mol. The van der Waals surface area contributed by atoms with Crippen LogP contribution in [0.4, 0.5) is 0 Å². The van der Waals surface area contributed by atoms with E-state index in [1.54, 1.807) is 6.08 Å². The summed E-state index contributed by atoms with van der Waals surface area (Å²) in [6.07, 6.45) is 2.02. The van der Waals surface area contributed by atoms with Gasteiger partial charge in [0.1, 0.15) is 0 Å². The maximum Gasteiger partial charge on any atom is 0.166 e. The van der Waals surface area contributed by atoms with Gasteiger partial charge in [-0.3, -0.25) is 4.79 Å². The predicted octanol–water partition coefficient (Wildman–Crippen LogP) is 2.88. The summed E-state index contributed by atoms with van der Waals surface area (Å²) in [5.41, 5.74) is 1.86. The lowest BCUT2D eigenvalue weighted by atomic mass is 10.1. The van der Waals surface area contributed by atoms with E-state index >= 15 is 0 Å². The Morgan fingerprint density at radius 3 is 2.46 bits per heavy atom. The number of carbonyl (C=O) groups excluding carboxylic acids is 1. The normalized spacial score (nSPS) is 9.62. The Hall–Kier alpha value is -1.02. The summed E-state index contributed by atoms with van der Waals surface area (Å²) in [6.45, 7) is 3.53. The number of hydrogen-bond acceptors (Lipinski definition) is 2. The van der Waals surface area contributed by atoms with Gasteiger partial charge in [0.05, 0.1) is 0 Å². The van der Waals surface area contributed by atoms with Crippen LogP contribution in [0.2, 0.25) is 0 Å². The molecule has 0 radical (unpaired) electrons. The molecule has 0 spiro atoms. The van der Waals surface area contributed by atoms with E-state index in [1.807, 2.05) is 24.3 Å². The molecule has 0 unspecified atom stereocenters. The molecular formula is C11H12OS. The van der Waals surface area contributed by atoms with Crippen LogP contribution in [0.1, 0.15) is 22.3 Å². The fraction of sp³-hybridized carbons (Fsp3) is 0.182. The van der Waals surface area contributed by atoms with E-state index in [0.29, 0.717) is 12.2 Å². The highest BCUT2D eigenvalue weighted by atomic mass is 32.1. The van der Waals surface area contributed by atoms with E-state index in [1.165, 1.54) is 0 Å². The molecule has 0 saturated carbocycles. The molecule has 1 aromatic rings. The highest BCUT2D eigenvalue weighted by Gasteiger charge is 2.01. The van der Waals surface area contributed by atoms with Crippen molar-refractivity contribution in [2.24, 2.45) is 0 Å². The minimum absolute atomic E-state index is 0.112. The Balaban J connectivity index is 2.79. The van der Waals surface area contributed by atoms with Gasteiger partial charge in [0.15, 0.2) is 5.78 Å². The first-order chi connectivity index (χ1) is 6.27. The van der Waals surface area contributed by atoms with Crippen LogP contribution < -0.4 is 0 Å². The summed E-state index contributed by atoms with van der Waals surface area (Å²) in [7, 11) is 0. The van der Waals surface area contributed by atoms with E-state index in [-0.39, 0.29) is 5.78 Å². The molecule has 2 heteroatoms. The molecule has 1 nitrogen and oxygen atoms in total. The molecule has 0 aliphatic rings. The molecule has 0 amide bonds. The fourth-order valence-corrected chi connectivity index (χ4v) is 1.26. The average Bonchev–Trinajstić information content (AvgIpc) is 2.18. The van der Waals surface area contributed by atoms with Crippen LogP contribution in [0.5, 0.6) is 0 Å². The van der Waals surface area contributed by atoms with Crippen molar-refractivity contribution < 1.29 is 4.79 Å². The Morgan fingerprint density at radius 1 is 1.38 bits per heavy atom. The molecule has 13 heavy (non-hydrogen) atoms. The number of Topliss-reactive ketones (excluding diaryl/α,β-unsaturated/α-hetero) is 1. The molecule has 0 atom stereocenters. The lowest BCUT2D eigenvalue weighted by molar-refractivity contribution is 0.0996. The van der Waals surface area contributed by atoms with E-state index in [9.17, 15) is 4.79 Å². The third-order valence-electron chi connectivity index (χ3n) is 1.79. The maximum absolute atomic E-state index is 11.4. The average molecular weight is 192 g/mol. The SMILES string of the molecule is C=CCC(=O)c1ccc(CS)cc1. The quantitative estimate of drug-likeness (QED) is 0.441. The first-order valence-electron chi connectivity index (χ1n) is 4.12. The summed E-state index contributed by atoms with van der Waals surface area (Å²) in [5, 5.41) is 0. The molecule has 0 bridgehead atoms. The van der Waals surface area contributed by atoms with Crippen LogP contribution in [0.15, 0.2) is 36.9 Å². The third kappa shape index (κ3) is 2.74. The number of benzene rings is 1. The molecule has 0 saturated heterocycles. The van der Waals surface area contributed by atoms with Gasteiger partial charge in [0.2, 0.25) is 0 Å². The first-order valence-corrected chi connectivity index (χ1v) is 4.75. The largest absolute Gasteiger partial charge is 0.294 e. The zero-order valence-corrected chi connectivity index (χ0v) is 8.26. The van der Waals surface area contributed by atoms with Crippen LogP contribution in [0.3, 0.4) is 0 Å². The molecule has 1 rings (SSSR count). The summed E-state index contributed by atoms with van der Waals surface area (Å²) < 4.78 is 0. The minimum Gasteiger partial charge on any atom is -0.294 e. The molecule has 0 fully saturated rings. The molecule has 1 aromatic carbocycles. The number of rotatable bonds is 4. The van der Waals surface area contributed by atoms with E-state index in [0.717, 1.165) is 11.1 Å². The van der Waals surface area contributed by atoms with Gasteiger partial charge < -0.3 is 0 Å². The smallest absolute Gasteiger partial charge is 0.166 e. The van der Waals surface area contributed by atoms with Gasteiger partial charge in [0, 0.05) is 17.7 Å². The molecule has 0 aromatic heterocycles. The van der Waals surface area contributed by atoms with Gasteiger partial charge in [-0.05, 0) is 5.56 Å². The zero-order chi connectivity index (χ0) is 9.68. The Kier molecular flexibility index (Phi) is 3.77. The Labute approximate surface area is 83.9 Å². The van der Waals surface area contributed by atoms with Crippen molar-refractivity contribution in [2.75, 3.05) is 0 Å². The second-order valence-electron chi connectivity index (χ2n) is 2.77. The highest BCUT2D eigenvalue weighted by Crippen LogP contribution is 2.08. The van der Waals surface area contributed by atoms with Crippen molar-refractivity contribution in [3.05, 3.63) is 48.0 Å². The van der Waals surface area contributed by atoms with Crippen molar-refractivity contribution in [3.8, 4) is 0 Å². The molecule has 0 aliphatic heterocycles. The summed E-state index contributed by atoms with van der Waals surface area (Å²) in [4.78, 5) is 11.4. The Morgan fingerprint density at radius 2 is 2.00 bits per heavy atom. The highest BCUT2D eigenvalue weighted by molar-refractivity contribution is 7.79. The van der Waals surface area contributed by atoms with Crippen LogP contribution in [0, 0.1) is 0 Å². The first kappa shape index (κ1) is 10.1. The van der Waals surface area contributed by atoms with Crippen molar-refractivity contribution in [1.82, 2.24) is 0 Å². The molecule has 68 valence electrons. The van der Waals surface area contributed by atoms with E-state index in [4.69, 9.17) is 0 Å². The third-order valence-corrected chi connectivity index (χ3v) is 2.15. The fourth-order valence-electron chi connectivity index (χ4n) is 1.04. The number of thiol groups is 1. The maximum atomic E-state index is 11.4. The van der Waals surface area contributed by atoms with E-state index < -0.39 is 0 Å². The topological polar surface area (TPSA) is 17.1 Å². The van der Waals surface area contributed by atoms with E-state index in [2.05, 4.69) is 19.2 Å². The van der Waals surface area contributed by atoms with Gasteiger partial charge in [-0.1, -0.05) is 30.3 Å². The van der Waals surface area contributed by atoms with Crippen LogP contribution >= 0.6 is 12.6 Å². The lowest BCUT2D eigenvalue weighted by Gasteiger charge is -1.99. The van der Waals surface area contributed by atoms with Crippen molar-refractivity contribution in [2.45, 2.75) is 12.2 Å². The van der Waals surface area contributed by atoms with Crippen LogP contribution in [-0.2, 0) is 5.75 Å². The zero-order valence-electron chi connectivity index (χ0n) is 7.36. The lowest BCUT2D eigenvalue weighted by Crippen LogP contribution is -1.96. The van der Waals surface area contributed by atoms with Gasteiger partial charge in [-0.25, -0.2) is 0 Å². The standard InChI is InChI=1S/C11H12OS/c1-2-3-11(12)10-6-4-9(8-13)5-7-10/h2,4-7,13H,1,3,8H2. The number of ketones is 1. The second kappa shape index (κ2) is 4.87. The van der Waals surface area contributed by atoms with Crippen molar-refractivity contribution >= 4 is 18.4 Å². The monoisotopic (exact) mass is 192 g/mol. The molecule has 0 N–H and O–H groups in total. The second-order valence-corrected chi connectivity index (χ2v) is 3.09. The van der Waals surface area contributed by atoms with Crippen molar-refractivity contribution in [1.29, 1.82) is 0 Å². The minimum atomic E-state index is 0.112. The van der Waals surface area contributed by atoms with Gasteiger partial charge >= 0.3 is 0 Å². The van der Waals surface area contributed by atoms with Gasteiger partial charge in [-0.15, -0.1) is 6.58 Å². The predicted molar refractivity (Wildman–Crippen MR) is 58.3 cm³/mol. The summed E-state index contributed by atoms with van der Waals surface area (Å²) in [6, 6.07) is 7.50. The van der Waals surface area contributed by atoms with Crippen molar-refractivity contribution in [3.63, 3.8) is 0 Å². The number of carbonyl (C=O) groups is 1. The molecule has 0 aliphatic carbocycles. The van der Waals surface area contributed by atoms with Crippen LogP contribution in [-0.4, -0.2) is 5.78 Å². The summed E-state index contributed by atoms with van der Waals surface area (Å²) in [5.74, 6) is 0.816. The number of allylic oxidation sites excluding steroid dienone is 1. The van der Waals surface area contributed by atoms with Gasteiger partial charge in [-0.2, -0.15) is 12.6 Å².